The van der Waals surface area contributed by atoms with Crippen LogP contribution in [0.1, 0.15) is 16.5 Å². The number of nitrogens with one attached hydrogen (secondary N) is 1. The number of thiophene rings is 1. The summed E-state index contributed by atoms with van der Waals surface area (Å²) in [5.74, 6) is 4.15. The molecular weight excluding hydrogens is 390 g/mol. The number of hydrazine groups is 1. The number of benzene rings is 1. The van der Waals surface area contributed by atoms with E-state index in [1.54, 1.807) is 6.07 Å². The van der Waals surface area contributed by atoms with Crippen molar-refractivity contribution in [3.63, 3.8) is 0 Å². The molecule has 96 valence electrons. The van der Waals surface area contributed by atoms with E-state index in [-0.39, 0.29) is 10.0 Å². The van der Waals surface area contributed by atoms with Crippen LogP contribution < -0.4 is 11.3 Å². The summed E-state index contributed by atoms with van der Waals surface area (Å²) in [7, 11) is 0. The van der Waals surface area contributed by atoms with Gasteiger partial charge in [-0.25, -0.2) is 14.2 Å². The van der Waals surface area contributed by atoms with Crippen molar-refractivity contribution in [3.8, 4) is 0 Å². The summed E-state index contributed by atoms with van der Waals surface area (Å²) in [6.07, 6.45) is 0. The van der Waals surface area contributed by atoms with Crippen LogP contribution in [-0.4, -0.2) is 0 Å². The van der Waals surface area contributed by atoms with E-state index in [0.29, 0.717) is 4.88 Å². The maximum absolute atomic E-state index is 14.0. The van der Waals surface area contributed by atoms with Crippen molar-refractivity contribution in [1.82, 2.24) is 5.43 Å². The summed E-state index contributed by atoms with van der Waals surface area (Å²) >= 11 is 7.73. The van der Waals surface area contributed by atoms with Gasteiger partial charge in [-0.15, -0.1) is 11.3 Å². The summed E-state index contributed by atoms with van der Waals surface area (Å²) in [4.78, 5) is 0.716. The maximum Gasteiger partial charge on any atom is 0.145 e. The maximum atomic E-state index is 14.0. The SMILES string of the molecule is NNC(c1sccc1Br)c1c(F)ccc(Br)c1F. The Hall–Kier alpha value is -0.340. The Labute approximate surface area is 123 Å². The number of hydrogen-bond donors (Lipinski definition) is 2. The second kappa shape index (κ2) is 5.75. The predicted molar refractivity (Wildman–Crippen MR) is 75.2 cm³/mol. The van der Waals surface area contributed by atoms with Crippen LogP contribution in [0.2, 0.25) is 0 Å². The Bertz CT molecular complexity index is 574. The van der Waals surface area contributed by atoms with E-state index in [1.165, 1.54) is 23.5 Å². The smallest absolute Gasteiger partial charge is 0.145 e. The lowest BCUT2D eigenvalue weighted by molar-refractivity contribution is 0.510. The summed E-state index contributed by atoms with van der Waals surface area (Å²) in [6.45, 7) is 0. The molecule has 2 aromatic rings. The van der Waals surface area contributed by atoms with E-state index in [9.17, 15) is 8.78 Å². The van der Waals surface area contributed by atoms with Crippen molar-refractivity contribution in [1.29, 1.82) is 0 Å². The Morgan fingerprint density at radius 1 is 1.17 bits per heavy atom. The van der Waals surface area contributed by atoms with E-state index in [4.69, 9.17) is 5.84 Å². The van der Waals surface area contributed by atoms with Crippen LogP contribution in [0.4, 0.5) is 8.78 Å². The zero-order valence-electron chi connectivity index (χ0n) is 8.88. The van der Waals surface area contributed by atoms with Crippen LogP contribution in [0.25, 0.3) is 0 Å². The molecule has 0 fully saturated rings. The molecule has 0 aliphatic rings. The Kier molecular flexibility index (Phi) is 4.50. The lowest BCUT2D eigenvalue weighted by Crippen LogP contribution is -2.30. The standard InChI is InChI=1S/C11H8Br2F2N2S/c12-5-1-2-7(14)8(9(5)15)10(17-16)11-6(13)3-4-18-11/h1-4,10,17H,16H2. The molecule has 0 radical (unpaired) electrons. The Morgan fingerprint density at radius 3 is 2.44 bits per heavy atom. The summed E-state index contributed by atoms with van der Waals surface area (Å²) < 4.78 is 28.8. The van der Waals surface area contributed by atoms with Gasteiger partial charge in [0.15, 0.2) is 0 Å². The molecular formula is C11H8Br2F2N2S. The van der Waals surface area contributed by atoms with Crippen LogP contribution in [0.3, 0.4) is 0 Å². The minimum atomic E-state index is -0.739. The fourth-order valence-electron chi connectivity index (χ4n) is 1.61. The number of hydrogen-bond acceptors (Lipinski definition) is 3. The van der Waals surface area contributed by atoms with Crippen LogP contribution in [0.15, 0.2) is 32.5 Å². The van der Waals surface area contributed by atoms with Gasteiger partial charge in [0.2, 0.25) is 0 Å². The fourth-order valence-corrected chi connectivity index (χ4v) is 3.62. The third-order valence-corrected chi connectivity index (χ3v) is 4.99. The zero-order chi connectivity index (χ0) is 13.3. The van der Waals surface area contributed by atoms with Crippen molar-refractivity contribution in [3.05, 3.63) is 54.6 Å². The van der Waals surface area contributed by atoms with Gasteiger partial charge in [0.25, 0.3) is 0 Å². The van der Waals surface area contributed by atoms with Crippen LogP contribution in [-0.2, 0) is 0 Å². The predicted octanol–water partition coefficient (Wildman–Crippen LogP) is 4.10. The van der Waals surface area contributed by atoms with Crippen molar-refractivity contribution in [2.24, 2.45) is 5.84 Å². The molecule has 1 aromatic carbocycles. The molecule has 7 heteroatoms. The molecule has 0 bridgehead atoms. The average molecular weight is 398 g/mol. The first-order chi connectivity index (χ1) is 8.56. The molecule has 0 saturated carbocycles. The highest BCUT2D eigenvalue weighted by Crippen LogP contribution is 2.36. The molecule has 0 amide bonds. The van der Waals surface area contributed by atoms with Crippen molar-refractivity contribution >= 4 is 43.2 Å². The lowest BCUT2D eigenvalue weighted by Gasteiger charge is -2.17. The molecule has 1 unspecified atom stereocenters. The number of nitrogens with two attached hydrogens (primary N) is 1. The average Bonchev–Trinajstić information content (AvgIpc) is 2.76. The molecule has 0 aliphatic heterocycles. The van der Waals surface area contributed by atoms with Crippen molar-refractivity contribution in [2.75, 3.05) is 0 Å². The van der Waals surface area contributed by atoms with E-state index in [2.05, 4.69) is 37.3 Å². The van der Waals surface area contributed by atoms with E-state index in [1.807, 2.05) is 5.38 Å². The number of halogens is 4. The van der Waals surface area contributed by atoms with Gasteiger partial charge in [-0.1, -0.05) is 0 Å². The third-order valence-electron chi connectivity index (χ3n) is 2.44. The third kappa shape index (κ3) is 2.50. The second-order valence-corrected chi connectivity index (χ2v) is 6.15. The first kappa shape index (κ1) is 14.1. The van der Waals surface area contributed by atoms with Crippen LogP contribution in [0, 0.1) is 11.6 Å². The van der Waals surface area contributed by atoms with Gasteiger partial charge in [-0.2, -0.15) is 0 Å². The van der Waals surface area contributed by atoms with Crippen molar-refractivity contribution in [2.45, 2.75) is 6.04 Å². The van der Waals surface area contributed by atoms with Crippen LogP contribution in [0.5, 0.6) is 0 Å². The van der Waals surface area contributed by atoms with Gasteiger partial charge in [0.05, 0.1) is 10.5 Å². The summed E-state index contributed by atoms with van der Waals surface area (Å²) in [6, 6.07) is 3.59. The largest absolute Gasteiger partial charge is 0.271 e. The fraction of sp³-hybridized carbons (Fsp3) is 0.0909. The van der Waals surface area contributed by atoms with Gasteiger partial charge in [-0.3, -0.25) is 5.84 Å². The topological polar surface area (TPSA) is 38.0 Å². The minimum Gasteiger partial charge on any atom is -0.271 e. The van der Waals surface area contributed by atoms with Crippen molar-refractivity contribution < 1.29 is 8.78 Å². The van der Waals surface area contributed by atoms with Gasteiger partial charge in [0, 0.05) is 14.9 Å². The molecule has 1 heterocycles. The first-order valence-electron chi connectivity index (χ1n) is 4.88. The molecule has 3 N–H and O–H groups in total. The molecule has 0 saturated heterocycles. The highest BCUT2D eigenvalue weighted by Gasteiger charge is 2.25. The Balaban J connectivity index is 2.59. The minimum absolute atomic E-state index is 0.102. The highest BCUT2D eigenvalue weighted by atomic mass is 79.9. The molecule has 1 atom stereocenters. The Morgan fingerprint density at radius 2 is 1.89 bits per heavy atom. The zero-order valence-corrected chi connectivity index (χ0v) is 12.9. The van der Waals surface area contributed by atoms with Gasteiger partial charge in [-0.05, 0) is 55.4 Å². The van der Waals surface area contributed by atoms with Gasteiger partial charge >= 0.3 is 0 Å². The van der Waals surface area contributed by atoms with E-state index >= 15 is 0 Å². The molecule has 18 heavy (non-hydrogen) atoms. The summed E-state index contributed by atoms with van der Waals surface area (Å²) in [5, 5.41) is 1.82. The molecule has 2 nitrogen and oxygen atoms in total. The number of rotatable bonds is 3. The van der Waals surface area contributed by atoms with Crippen LogP contribution >= 0.6 is 43.2 Å². The first-order valence-corrected chi connectivity index (χ1v) is 7.35. The monoisotopic (exact) mass is 396 g/mol. The molecule has 0 aliphatic carbocycles. The van der Waals surface area contributed by atoms with Gasteiger partial charge in [0.1, 0.15) is 11.6 Å². The summed E-state index contributed by atoms with van der Waals surface area (Å²) in [5.41, 5.74) is 2.35. The van der Waals surface area contributed by atoms with E-state index < -0.39 is 17.7 Å². The molecule has 2 rings (SSSR count). The van der Waals surface area contributed by atoms with Gasteiger partial charge < -0.3 is 0 Å². The van der Waals surface area contributed by atoms with E-state index in [0.717, 1.165) is 4.47 Å². The quantitative estimate of drug-likeness (QED) is 0.464. The molecule has 1 aromatic heterocycles. The second-order valence-electron chi connectivity index (χ2n) is 3.49. The lowest BCUT2D eigenvalue weighted by atomic mass is 10.0. The molecule has 0 spiro atoms. The highest BCUT2D eigenvalue weighted by molar-refractivity contribution is 9.10. The normalized spacial score (nSPS) is 12.7.